The summed E-state index contributed by atoms with van der Waals surface area (Å²) >= 11 is 6.32. The summed E-state index contributed by atoms with van der Waals surface area (Å²) in [6.45, 7) is 0.705. The first kappa shape index (κ1) is 19.5. The van der Waals surface area contributed by atoms with Gasteiger partial charge in [-0.2, -0.15) is 0 Å². The van der Waals surface area contributed by atoms with Crippen molar-refractivity contribution in [2.45, 2.75) is 6.04 Å². The van der Waals surface area contributed by atoms with Crippen LogP contribution < -0.4 is 4.90 Å². The van der Waals surface area contributed by atoms with Crippen molar-refractivity contribution in [2.24, 2.45) is 4.99 Å². The van der Waals surface area contributed by atoms with Crippen LogP contribution in [0.15, 0.2) is 77.8 Å². The second-order valence-corrected chi connectivity index (χ2v) is 8.18. The zero-order chi connectivity index (χ0) is 21.5. The highest BCUT2D eigenvalue weighted by Crippen LogP contribution is 2.31. The lowest BCUT2D eigenvalue weighted by atomic mass is 10.0. The molecule has 2 heterocycles. The lowest BCUT2D eigenvalue weighted by Crippen LogP contribution is -2.46. The summed E-state index contributed by atoms with van der Waals surface area (Å²) in [6.07, 6.45) is 0. The average Bonchev–Trinajstić information content (AvgIpc) is 2.94. The number of halogens is 1. The largest absolute Gasteiger partial charge is 0.367 e. The topological polar surface area (TPSA) is 53.0 Å². The van der Waals surface area contributed by atoms with Gasteiger partial charge in [0, 0.05) is 28.9 Å². The van der Waals surface area contributed by atoms with Crippen molar-refractivity contribution in [1.29, 1.82) is 0 Å². The van der Waals surface area contributed by atoms with Gasteiger partial charge in [0.05, 0.1) is 36.0 Å². The molecule has 0 bridgehead atoms. The van der Waals surface area contributed by atoms with E-state index >= 15 is 0 Å². The standard InChI is InChI=1S/C25H20ClN3O2/c1-28-18(15-29-24(30)19-9-5-6-10-20(19)25(29)31)14-27-23(16-7-3-2-4-8-16)21-13-17(26)11-12-22(21)28/h2-13,18H,14-15H2,1H3. The van der Waals surface area contributed by atoms with E-state index in [-0.39, 0.29) is 24.4 Å². The number of benzodiazepines with no additional fused rings is 1. The molecule has 1 atom stereocenters. The Morgan fingerprint density at radius 3 is 2.23 bits per heavy atom. The Labute approximate surface area is 185 Å². The number of aliphatic imine (C=N–C) groups is 1. The summed E-state index contributed by atoms with van der Waals surface area (Å²) in [5, 5.41) is 0.634. The van der Waals surface area contributed by atoms with E-state index in [1.54, 1.807) is 24.3 Å². The molecule has 0 aromatic heterocycles. The third-order valence-corrected chi connectivity index (χ3v) is 6.16. The number of fused-ring (bicyclic) bond motifs is 2. The van der Waals surface area contributed by atoms with Gasteiger partial charge in [0.25, 0.3) is 11.8 Å². The van der Waals surface area contributed by atoms with Crippen LogP contribution in [-0.4, -0.2) is 48.6 Å². The summed E-state index contributed by atoms with van der Waals surface area (Å²) in [4.78, 5) is 34.1. The van der Waals surface area contributed by atoms with Gasteiger partial charge in [-0.3, -0.25) is 19.5 Å². The van der Waals surface area contributed by atoms with E-state index in [0.717, 1.165) is 22.5 Å². The number of rotatable bonds is 3. The van der Waals surface area contributed by atoms with Gasteiger partial charge < -0.3 is 4.90 Å². The third-order valence-electron chi connectivity index (χ3n) is 5.92. The molecule has 5 rings (SSSR count). The van der Waals surface area contributed by atoms with Crippen molar-refractivity contribution >= 4 is 34.8 Å². The highest BCUT2D eigenvalue weighted by Gasteiger charge is 2.38. The molecule has 0 saturated carbocycles. The second kappa shape index (κ2) is 7.67. The van der Waals surface area contributed by atoms with Gasteiger partial charge >= 0.3 is 0 Å². The highest BCUT2D eigenvalue weighted by atomic mass is 35.5. The summed E-state index contributed by atoms with van der Waals surface area (Å²) in [7, 11) is 1.97. The number of likely N-dealkylation sites (N-methyl/N-ethyl adjacent to an activating group) is 1. The van der Waals surface area contributed by atoms with E-state index in [4.69, 9.17) is 16.6 Å². The fourth-order valence-corrected chi connectivity index (χ4v) is 4.42. The first-order valence-electron chi connectivity index (χ1n) is 10.1. The van der Waals surface area contributed by atoms with E-state index in [0.29, 0.717) is 22.7 Å². The van der Waals surface area contributed by atoms with Crippen LogP contribution in [0.25, 0.3) is 0 Å². The number of anilines is 1. The van der Waals surface area contributed by atoms with Crippen LogP contribution in [0.3, 0.4) is 0 Å². The molecular weight excluding hydrogens is 410 g/mol. The number of carbonyl (C=O) groups is 2. The molecule has 2 aliphatic rings. The van der Waals surface area contributed by atoms with Crippen LogP contribution in [0.2, 0.25) is 5.02 Å². The van der Waals surface area contributed by atoms with E-state index < -0.39 is 0 Å². The van der Waals surface area contributed by atoms with Crippen LogP contribution in [0.1, 0.15) is 31.8 Å². The number of imide groups is 1. The molecule has 1 unspecified atom stereocenters. The quantitative estimate of drug-likeness (QED) is 0.583. The van der Waals surface area contributed by atoms with Gasteiger partial charge in [-0.05, 0) is 30.3 Å². The number of hydrogen-bond donors (Lipinski definition) is 0. The Morgan fingerprint density at radius 2 is 1.55 bits per heavy atom. The number of nitrogens with zero attached hydrogens (tertiary/aromatic N) is 3. The summed E-state index contributed by atoms with van der Waals surface area (Å²) in [5.41, 5.74) is 4.68. The zero-order valence-electron chi connectivity index (χ0n) is 17.0. The number of amides is 2. The maximum absolute atomic E-state index is 12.9. The minimum atomic E-state index is -0.248. The Balaban J connectivity index is 1.52. The van der Waals surface area contributed by atoms with Crippen molar-refractivity contribution in [2.75, 3.05) is 25.0 Å². The molecule has 5 nitrogen and oxygen atoms in total. The van der Waals surface area contributed by atoms with E-state index in [1.807, 2.05) is 55.6 Å². The van der Waals surface area contributed by atoms with Gasteiger partial charge in [-0.25, -0.2) is 0 Å². The Kier molecular flexibility index (Phi) is 4.83. The van der Waals surface area contributed by atoms with E-state index in [9.17, 15) is 9.59 Å². The monoisotopic (exact) mass is 429 g/mol. The molecule has 2 amide bonds. The van der Waals surface area contributed by atoms with Crippen molar-refractivity contribution in [1.82, 2.24) is 4.90 Å². The van der Waals surface area contributed by atoms with Gasteiger partial charge in [-0.1, -0.05) is 54.1 Å². The zero-order valence-corrected chi connectivity index (χ0v) is 17.7. The smallest absolute Gasteiger partial charge is 0.261 e. The molecule has 3 aromatic carbocycles. The molecular formula is C25H20ClN3O2. The number of carbonyl (C=O) groups excluding carboxylic acids is 2. The predicted octanol–water partition coefficient (Wildman–Crippen LogP) is 4.29. The van der Waals surface area contributed by atoms with Crippen molar-refractivity contribution in [3.63, 3.8) is 0 Å². The molecule has 0 saturated heterocycles. The summed E-state index contributed by atoms with van der Waals surface area (Å²) in [6, 6.07) is 22.5. The molecule has 0 N–H and O–H groups in total. The Hall–Kier alpha value is -3.44. The van der Waals surface area contributed by atoms with Crippen LogP contribution in [0.4, 0.5) is 5.69 Å². The van der Waals surface area contributed by atoms with Crippen molar-refractivity contribution in [3.05, 3.63) is 100 Å². The first-order chi connectivity index (χ1) is 15.0. The Bertz CT molecular complexity index is 1190. The van der Waals surface area contributed by atoms with Gasteiger partial charge in [0.1, 0.15) is 0 Å². The lowest BCUT2D eigenvalue weighted by Gasteiger charge is -2.31. The highest BCUT2D eigenvalue weighted by molar-refractivity contribution is 6.31. The number of benzene rings is 3. The normalized spacial score (nSPS) is 17.9. The molecule has 0 fully saturated rings. The SMILES string of the molecule is CN1c2ccc(Cl)cc2C(c2ccccc2)=NCC1CN1C(=O)c2ccccc2C1=O. The van der Waals surface area contributed by atoms with Gasteiger partial charge in [0.2, 0.25) is 0 Å². The molecule has 31 heavy (non-hydrogen) atoms. The van der Waals surface area contributed by atoms with E-state index in [1.165, 1.54) is 4.90 Å². The Morgan fingerprint density at radius 1 is 0.903 bits per heavy atom. The fourth-order valence-electron chi connectivity index (χ4n) is 4.25. The maximum atomic E-state index is 12.9. The van der Waals surface area contributed by atoms with Crippen LogP contribution in [0, 0.1) is 0 Å². The van der Waals surface area contributed by atoms with Crippen molar-refractivity contribution in [3.8, 4) is 0 Å². The van der Waals surface area contributed by atoms with E-state index in [2.05, 4.69) is 4.90 Å². The van der Waals surface area contributed by atoms with Crippen LogP contribution in [-0.2, 0) is 0 Å². The van der Waals surface area contributed by atoms with Crippen LogP contribution in [0.5, 0.6) is 0 Å². The fraction of sp³-hybridized carbons (Fsp3) is 0.160. The summed E-state index contributed by atoms with van der Waals surface area (Å²) < 4.78 is 0. The maximum Gasteiger partial charge on any atom is 0.261 e. The number of hydrogen-bond acceptors (Lipinski definition) is 4. The third kappa shape index (κ3) is 3.31. The van der Waals surface area contributed by atoms with Gasteiger partial charge in [0.15, 0.2) is 0 Å². The molecule has 3 aromatic rings. The molecule has 6 heteroatoms. The molecule has 0 spiro atoms. The molecule has 2 aliphatic heterocycles. The molecule has 0 radical (unpaired) electrons. The molecule has 0 aliphatic carbocycles. The average molecular weight is 430 g/mol. The lowest BCUT2D eigenvalue weighted by molar-refractivity contribution is 0.0645. The van der Waals surface area contributed by atoms with Crippen molar-refractivity contribution < 1.29 is 9.59 Å². The second-order valence-electron chi connectivity index (χ2n) is 7.75. The predicted molar refractivity (Wildman–Crippen MR) is 122 cm³/mol. The minimum Gasteiger partial charge on any atom is -0.367 e. The van der Waals surface area contributed by atoms with Gasteiger partial charge in [-0.15, -0.1) is 0 Å². The summed E-state index contributed by atoms with van der Waals surface area (Å²) in [5.74, 6) is -0.497. The minimum absolute atomic E-state index is 0.164. The first-order valence-corrected chi connectivity index (χ1v) is 10.5. The molecule has 154 valence electrons. The van der Waals surface area contributed by atoms with Crippen LogP contribution >= 0.6 is 11.6 Å².